The van der Waals surface area contributed by atoms with E-state index < -0.39 is 0 Å². The number of aromatic nitrogens is 2. The lowest BCUT2D eigenvalue weighted by molar-refractivity contribution is 0.0881. The molecule has 1 aliphatic rings. The Hall–Kier alpha value is -0.680. The minimum absolute atomic E-state index is 0.245. The molecule has 0 amide bonds. The molecule has 4 nitrogen and oxygen atoms in total. The second kappa shape index (κ2) is 6.18. The molecule has 5 heteroatoms. The second-order valence-corrected chi connectivity index (χ2v) is 6.71. The van der Waals surface area contributed by atoms with Crippen LogP contribution in [-0.4, -0.2) is 41.0 Å². The summed E-state index contributed by atoms with van der Waals surface area (Å²) in [6.07, 6.45) is 6.75. The molecule has 1 fully saturated rings. The molecule has 19 heavy (non-hydrogen) atoms. The predicted molar refractivity (Wildman–Crippen MR) is 82.3 cm³/mol. The predicted octanol–water partition coefficient (Wildman–Crippen LogP) is 3.16. The number of nitrogens with one attached hydrogen (secondary N) is 1. The van der Waals surface area contributed by atoms with E-state index in [1.807, 2.05) is 6.07 Å². The Morgan fingerprint density at radius 2 is 2.26 bits per heavy atom. The third-order valence-electron chi connectivity index (χ3n) is 4.25. The Kier molecular flexibility index (Phi) is 4.79. The van der Waals surface area contributed by atoms with E-state index in [-0.39, 0.29) is 5.54 Å². The van der Waals surface area contributed by atoms with Crippen LogP contribution in [0.25, 0.3) is 0 Å². The van der Waals surface area contributed by atoms with Crippen LogP contribution in [0.15, 0.2) is 17.0 Å². The molecule has 1 N–H and O–H groups in total. The van der Waals surface area contributed by atoms with Crippen molar-refractivity contribution in [2.24, 2.45) is 5.92 Å². The molecule has 2 rings (SSSR count). The van der Waals surface area contributed by atoms with Crippen molar-refractivity contribution in [1.29, 1.82) is 0 Å². The highest BCUT2D eigenvalue weighted by Crippen LogP contribution is 2.35. The third-order valence-corrected chi connectivity index (χ3v) is 4.68. The van der Waals surface area contributed by atoms with Crippen molar-refractivity contribution in [2.75, 3.05) is 26.0 Å². The topological polar surface area (TPSA) is 41.1 Å². The van der Waals surface area contributed by atoms with Gasteiger partial charge in [-0.15, -0.1) is 0 Å². The normalized spacial score (nSPS) is 27.5. The number of hydrogen-bond acceptors (Lipinski definition) is 4. The fourth-order valence-electron chi connectivity index (χ4n) is 3.04. The van der Waals surface area contributed by atoms with Crippen LogP contribution in [0.3, 0.4) is 0 Å². The Balaban J connectivity index is 2.05. The van der Waals surface area contributed by atoms with E-state index in [0.717, 1.165) is 22.9 Å². The number of likely N-dealkylation sites (N-methyl/N-ethyl adjacent to an activating group) is 1. The average Bonchev–Trinajstić information content (AvgIpc) is 2.36. The van der Waals surface area contributed by atoms with Gasteiger partial charge in [-0.2, -0.15) is 0 Å². The molecule has 0 aromatic carbocycles. The van der Waals surface area contributed by atoms with Crippen molar-refractivity contribution in [3.05, 3.63) is 17.0 Å². The highest BCUT2D eigenvalue weighted by molar-refractivity contribution is 9.10. The van der Waals surface area contributed by atoms with Gasteiger partial charge < -0.3 is 10.2 Å². The largest absolute Gasteiger partial charge is 0.368 e. The van der Waals surface area contributed by atoms with Crippen molar-refractivity contribution >= 4 is 21.7 Å². The van der Waals surface area contributed by atoms with E-state index in [4.69, 9.17) is 0 Å². The van der Waals surface area contributed by atoms with E-state index in [9.17, 15) is 0 Å². The first-order valence-corrected chi connectivity index (χ1v) is 7.70. The summed E-state index contributed by atoms with van der Waals surface area (Å²) >= 11 is 3.38. The highest BCUT2D eigenvalue weighted by atomic mass is 79.9. The highest BCUT2D eigenvalue weighted by Gasteiger charge is 2.36. The molecule has 2 unspecified atom stereocenters. The summed E-state index contributed by atoms with van der Waals surface area (Å²) in [5, 5.41) is 3.48. The van der Waals surface area contributed by atoms with Gasteiger partial charge in [0.2, 0.25) is 0 Å². The average molecular weight is 327 g/mol. The first-order valence-electron chi connectivity index (χ1n) is 6.91. The number of halogens is 1. The van der Waals surface area contributed by atoms with Gasteiger partial charge in [-0.05, 0) is 48.8 Å². The lowest BCUT2D eigenvalue weighted by Crippen LogP contribution is -2.52. The van der Waals surface area contributed by atoms with E-state index in [0.29, 0.717) is 0 Å². The minimum Gasteiger partial charge on any atom is -0.368 e. The molecule has 1 aromatic rings. The van der Waals surface area contributed by atoms with Crippen LogP contribution in [0.1, 0.15) is 32.6 Å². The molecule has 2 atom stereocenters. The summed E-state index contributed by atoms with van der Waals surface area (Å²) in [6, 6.07) is 1.93. The number of nitrogens with zero attached hydrogens (tertiary/aromatic N) is 3. The van der Waals surface area contributed by atoms with Gasteiger partial charge >= 0.3 is 0 Å². The van der Waals surface area contributed by atoms with Crippen molar-refractivity contribution in [1.82, 2.24) is 14.9 Å². The first-order chi connectivity index (χ1) is 9.02. The Labute approximate surface area is 124 Å². The van der Waals surface area contributed by atoms with Crippen molar-refractivity contribution in [2.45, 2.75) is 38.1 Å². The van der Waals surface area contributed by atoms with E-state index in [1.165, 1.54) is 25.7 Å². The van der Waals surface area contributed by atoms with E-state index in [1.54, 1.807) is 6.33 Å². The molecule has 0 bridgehead atoms. The fourth-order valence-corrected chi connectivity index (χ4v) is 3.35. The van der Waals surface area contributed by atoms with E-state index >= 15 is 0 Å². The molecule has 0 saturated heterocycles. The lowest BCUT2D eigenvalue weighted by Gasteiger charge is -2.45. The van der Waals surface area contributed by atoms with Crippen LogP contribution in [0.5, 0.6) is 0 Å². The zero-order chi connectivity index (χ0) is 13.9. The van der Waals surface area contributed by atoms with Crippen LogP contribution >= 0.6 is 15.9 Å². The van der Waals surface area contributed by atoms with Crippen LogP contribution in [0.4, 0.5) is 5.82 Å². The molecule has 106 valence electrons. The first kappa shape index (κ1) is 14.7. The fraction of sp³-hybridized carbons (Fsp3) is 0.714. The van der Waals surface area contributed by atoms with Crippen LogP contribution in [0, 0.1) is 5.92 Å². The molecular formula is C14H23BrN4. The van der Waals surface area contributed by atoms with Gasteiger partial charge in [-0.25, -0.2) is 9.97 Å². The maximum Gasteiger partial charge on any atom is 0.130 e. The molecule has 0 radical (unpaired) electrons. The van der Waals surface area contributed by atoms with Crippen LogP contribution in [-0.2, 0) is 0 Å². The summed E-state index contributed by atoms with van der Waals surface area (Å²) in [5.41, 5.74) is 0.245. The lowest BCUT2D eigenvalue weighted by atomic mass is 9.75. The van der Waals surface area contributed by atoms with Crippen molar-refractivity contribution in [3.63, 3.8) is 0 Å². The smallest absolute Gasteiger partial charge is 0.130 e. The number of anilines is 1. The van der Waals surface area contributed by atoms with Gasteiger partial charge in [0.15, 0.2) is 0 Å². The SMILES string of the molecule is CC1CCCC(CNc2cc(Br)ncn2)(N(C)C)C1. The zero-order valence-corrected chi connectivity index (χ0v) is 13.6. The van der Waals surface area contributed by atoms with Crippen LogP contribution < -0.4 is 5.32 Å². The van der Waals surface area contributed by atoms with Crippen molar-refractivity contribution in [3.8, 4) is 0 Å². The summed E-state index contributed by atoms with van der Waals surface area (Å²) in [4.78, 5) is 10.7. The quantitative estimate of drug-likeness (QED) is 0.863. The van der Waals surface area contributed by atoms with Gasteiger partial charge in [0.1, 0.15) is 16.7 Å². The zero-order valence-electron chi connectivity index (χ0n) is 12.0. The van der Waals surface area contributed by atoms with Crippen molar-refractivity contribution < 1.29 is 0 Å². The molecular weight excluding hydrogens is 304 g/mol. The van der Waals surface area contributed by atoms with Gasteiger partial charge in [-0.1, -0.05) is 19.8 Å². The number of rotatable bonds is 4. The summed E-state index contributed by atoms with van der Waals surface area (Å²) in [5.74, 6) is 1.69. The van der Waals surface area contributed by atoms with Gasteiger partial charge in [-0.3, -0.25) is 0 Å². The molecule has 0 aliphatic heterocycles. The minimum atomic E-state index is 0.245. The summed E-state index contributed by atoms with van der Waals surface area (Å²) in [7, 11) is 4.38. The van der Waals surface area contributed by atoms with Gasteiger partial charge in [0, 0.05) is 18.2 Å². The Bertz CT molecular complexity index is 424. The molecule has 1 heterocycles. The molecule has 1 aromatic heterocycles. The van der Waals surface area contributed by atoms with Gasteiger partial charge in [0.25, 0.3) is 0 Å². The van der Waals surface area contributed by atoms with E-state index in [2.05, 4.69) is 57.1 Å². The summed E-state index contributed by atoms with van der Waals surface area (Å²) in [6.45, 7) is 3.30. The molecule has 1 saturated carbocycles. The second-order valence-electron chi connectivity index (χ2n) is 5.90. The monoisotopic (exact) mass is 326 g/mol. The molecule has 0 spiro atoms. The summed E-state index contributed by atoms with van der Waals surface area (Å²) < 4.78 is 0.820. The standard InChI is InChI=1S/C14H23BrN4/c1-11-5-4-6-14(8-11,19(2)3)9-16-13-7-12(15)17-10-18-13/h7,10-11H,4-6,8-9H2,1-3H3,(H,16,17,18). The van der Waals surface area contributed by atoms with Gasteiger partial charge in [0.05, 0.1) is 0 Å². The maximum absolute atomic E-state index is 4.26. The van der Waals surface area contributed by atoms with Crippen LogP contribution in [0.2, 0.25) is 0 Å². The third kappa shape index (κ3) is 3.66. The number of hydrogen-bond donors (Lipinski definition) is 1. The maximum atomic E-state index is 4.26. The Morgan fingerprint density at radius 1 is 1.47 bits per heavy atom. The molecule has 1 aliphatic carbocycles. The Morgan fingerprint density at radius 3 is 2.89 bits per heavy atom.